The molecule has 3 rings (SSSR count). The molecule has 1 aromatic rings. The lowest BCUT2D eigenvalue weighted by molar-refractivity contribution is -0.121. The molecule has 1 aliphatic heterocycles. The van der Waals surface area contributed by atoms with Gasteiger partial charge in [-0.25, -0.2) is 0 Å². The summed E-state index contributed by atoms with van der Waals surface area (Å²) in [6.07, 6.45) is 6.86. The van der Waals surface area contributed by atoms with E-state index in [1.165, 1.54) is 37.1 Å². The quantitative estimate of drug-likeness (QED) is 0.786. The topological polar surface area (TPSA) is 59.4 Å². The van der Waals surface area contributed by atoms with Crippen molar-refractivity contribution < 1.29 is 4.79 Å². The van der Waals surface area contributed by atoms with Gasteiger partial charge in [0.2, 0.25) is 5.91 Å². The van der Waals surface area contributed by atoms with E-state index in [1.54, 1.807) is 0 Å². The zero-order chi connectivity index (χ0) is 19.8. The Morgan fingerprint density at radius 2 is 1.79 bits per heavy atom. The van der Waals surface area contributed by atoms with Crippen molar-refractivity contribution in [3.63, 3.8) is 0 Å². The third kappa shape index (κ3) is 5.97. The largest absolute Gasteiger partial charge is 0.369 e. The minimum absolute atomic E-state index is 0.0192. The van der Waals surface area contributed by atoms with Gasteiger partial charge in [-0.05, 0) is 68.7 Å². The van der Waals surface area contributed by atoms with E-state index in [9.17, 15) is 4.79 Å². The molecule has 1 N–H and O–H groups in total. The van der Waals surface area contributed by atoms with Crippen molar-refractivity contribution in [2.24, 2.45) is 5.92 Å². The molecule has 0 unspecified atom stereocenters. The molecule has 1 saturated heterocycles. The molecule has 0 radical (unpaired) electrons. The standard InChI is InChI=1S/C23H34N4O/c1-2-19-5-9-22(10-6-19)27-17-15-26(16-18-27)14-12-20-3-7-21(8-4-20)25-23(28)11-13-24/h5-6,9-10,20-21H,2-4,7-8,11-12,14-18H2,1H3,(H,25,28). The predicted molar refractivity (Wildman–Crippen MR) is 113 cm³/mol. The van der Waals surface area contributed by atoms with Crippen molar-refractivity contribution in [2.45, 2.75) is 57.9 Å². The number of nitriles is 1. The van der Waals surface area contributed by atoms with Crippen molar-refractivity contribution in [3.8, 4) is 6.07 Å². The zero-order valence-electron chi connectivity index (χ0n) is 17.2. The first kappa shape index (κ1) is 20.7. The number of benzene rings is 1. The Labute approximate surface area is 169 Å². The van der Waals surface area contributed by atoms with E-state index in [2.05, 4.69) is 46.3 Å². The maximum absolute atomic E-state index is 11.5. The van der Waals surface area contributed by atoms with Crippen molar-refractivity contribution in [1.82, 2.24) is 10.2 Å². The summed E-state index contributed by atoms with van der Waals surface area (Å²) in [6, 6.07) is 11.2. The van der Waals surface area contributed by atoms with Crippen LogP contribution in [-0.2, 0) is 11.2 Å². The zero-order valence-corrected chi connectivity index (χ0v) is 17.2. The number of amides is 1. The van der Waals surface area contributed by atoms with Gasteiger partial charge < -0.3 is 10.2 Å². The molecule has 1 aromatic carbocycles. The first-order chi connectivity index (χ1) is 13.7. The number of carbonyl (C=O) groups is 1. The molecule has 1 heterocycles. The molecule has 0 aromatic heterocycles. The molecule has 1 saturated carbocycles. The molecule has 0 atom stereocenters. The van der Waals surface area contributed by atoms with Crippen LogP contribution in [0.1, 0.15) is 51.0 Å². The highest BCUT2D eigenvalue weighted by Gasteiger charge is 2.24. The Hall–Kier alpha value is -2.06. The summed E-state index contributed by atoms with van der Waals surface area (Å²) in [5.74, 6) is 0.664. The van der Waals surface area contributed by atoms with E-state index in [1.807, 2.05) is 6.07 Å². The average molecular weight is 383 g/mol. The second kappa shape index (κ2) is 10.5. The van der Waals surface area contributed by atoms with Gasteiger partial charge in [0, 0.05) is 37.9 Å². The molecule has 152 valence electrons. The van der Waals surface area contributed by atoms with Crippen LogP contribution in [0.15, 0.2) is 24.3 Å². The molecular formula is C23H34N4O. The van der Waals surface area contributed by atoms with E-state index in [0.29, 0.717) is 0 Å². The van der Waals surface area contributed by atoms with Crippen LogP contribution in [0.4, 0.5) is 5.69 Å². The molecule has 1 amide bonds. The molecule has 28 heavy (non-hydrogen) atoms. The minimum Gasteiger partial charge on any atom is -0.369 e. The number of aryl methyl sites for hydroxylation is 1. The molecule has 5 nitrogen and oxygen atoms in total. The molecule has 2 fully saturated rings. The molecule has 1 aliphatic carbocycles. The van der Waals surface area contributed by atoms with Crippen molar-refractivity contribution in [1.29, 1.82) is 5.26 Å². The highest BCUT2D eigenvalue weighted by atomic mass is 16.1. The summed E-state index contributed by atoms with van der Waals surface area (Å²) in [5, 5.41) is 11.6. The molecule has 5 heteroatoms. The van der Waals surface area contributed by atoms with E-state index < -0.39 is 0 Å². The molecule has 0 spiro atoms. The number of nitrogens with zero attached hydrogens (tertiary/aromatic N) is 3. The maximum Gasteiger partial charge on any atom is 0.234 e. The smallest absolute Gasteiger partial charge is 0.234 e. The Morgan fingerprint density at radius 1 is 1.11 bits per heavy atom. The predicted octanol–water partition coefficient (Wildman–Crippen LogP) is 3.35. The van der Waals surface area contributed by atoms with Gasteiger partial charge in [0.25, 0.3) is 0 Å². The van der Waals surface area contributed by atoms with Gasteiger partial charge in [-0.2, -0.15) is 5.26 Å². The summed E-state index contributed by atoms with van der Waals surface area (Å²) in [6.45, 7) is 7.92. The van der Waals surface area contributed by atoms with Crippen LogP contribution < -0.4 is 10.2 Å². The number of hydrogen-bond donors (Lipinski definition) is 1. The molecule has 2 aliphatic rings. The second-order valence-corrected chi connectivity index (χ2v) is 8.26. The van der Waals surface area contributed by atoms with Crippen LogP contribution in [0.2, 0.25) is 0 Å². The highest BCUT2D eigenvalue weighted by Crippen LogP contribution is 2.27. The lowest BCUT2D eigenvalue weighted by Crippen LogP contribution is -2.47. The maximum atomic E-state index is 11.5. The SMILES string of the molecule is CCc1ccc(N2CCN(CCC3CCC(NC(=O)CC#N)CC3)CC2)cc1. The van der Waals surface area contributed by atoms with Crippen molar-refractivity contribution in [2.75, 3.05) is 37.6 Å². The fraction of sp³-hybridized carbons (Fsp3) is 0.652. The lowest BCUT2D eigenvalue weighted by Gasteiger charge is -2.37. The Kier molecular flexibility index (Phi) is 7.73. The summed E-state index contributed by atoms with van der Waals surface area (Å²) in [5.41, 5.74) is 2.76. The average Bonchev–Trinajstić information content (AvgIpc) is 2.74. The number of nitrogens with one attached hydrogen (secondary N) is 1. The first-order valence-corrected chi connectivity index (χ1v) is 10.9. The fourth-order valence-corrected chi connectivity index (χ4v) is 4.48. The summed E-state index contributed by atoms with van der Waals surface area (Å²) in [4.78, 5) is 16.7. The summed E-state index contributed by atoms with van der Waals surface area (Å²) >= 11 is 0. The van der Waals surface area contributed by atoms with Gasteiger partial charge >= 0.3 is 0 Å². The Bertz CT molecular complexity index is 650. The number of carbonyl (C=O) groups excluding carboxylic acids is 1. The van der Waals surface area contributed by atoms with Crippen LogP contribution in [0, 0.1) is 17.2 Å². The van der Waals surface area contributed by atoms with E-state index >= 15 is 0 Å². The Morgan fingerprint density at radius 3 is 2.39 bits per heavy atom. The van der Waals surface area contributed by atoms with Crippen LogP contribution in [-0.4, -0.2) is 49.6 Å². The highest BCUT2D eigenvalue weighted by molar-refractivity contribution is 5.78. The van der Waals surface area contributed by atoms with Gasteiger partial charge in [0.15, 0.2) is 0 Å². The van der Waals surface area contributed by atoms with E-state index in [4.69, 9.17) is 5.26 Å². The number of hydrogen-bond acceptors (Lipinski definition) is 4. The third-order valence-electron chi connectivity index (χ3n) is 6.39. The van der Waals surface area contributed by atoms with Crippen LogP contribution in [0.3, 0.4) is 0 Å². The summed E-state index contributed by atoms with van der Waals surface area (Å²) in [7, 11) is 0. The van der Waals surface area contributed by atoms with Gasteiger partial charge in [-0.15, -0.1) is 0 Å². The van der Waals surface area contributed by atoms with Crippen LogP contribution >= 0.6 is 0 Å². The second-order valence-electron chi connectivity index (χ2n) is 8.26. The van der Waals surface area contributed by atoms with Crippen molar-refractivity contribution in [3.05, 3.63) is 29.8 Å². The normalized spacial score (nSPS) is 23.2. The van der Waals surface area contributed by atoms with Crippen molar-refractivity contribution >= 4 is 11.6 Å². The van der Waals surface area contributed by atoms with Gasteiger partial charge in [-0.1, -0.05) is 19.1 Å². The number of rotatable bonds is 7. The van der Waals surface area contributed by atoms with Gasteiger partial charge in [0.05, 0.1) is 6.07 Å². The van der Waals surface area contributed by atoms with E-state index in [-0.39, 0.29) is 18.4 Å². The number of anilines is 1. The van der Waals surface area contributed by atoms with Crippen LogP contribution in [0.25, 0.3) is 0 Å². The van der Waals surface area contributed by atoms with Gasteiger partial charge in [-0.3, -0.25) is 9.69 Å². The fourth-order valence-electron chi connectivity index (χ4n) is 4.48. The van der Waals surface area contributed by atoms with Gasteiger partial charge in [0.1, 0.15) is 6.42 Å². The molecule has 0 bridgehead atoms. The lowest BCUT2D eigenvalue weighted by atomic mass is 9.84. The third-order valence-corrected chi connectivity index (χ3v) is 6.39. The number of piperazine rings is 1. The first-order valence-electron chi connectivity index (χ1n) is 10.9. The Balaban J connectivity index is 1.32. The van der Waals surface area contributed by atoms with Crippen LogP contribution in [0.5, 0.6) is 0 Å². The summed E-state index contributed by atoms with van der Waals surface area (Å²) < 4.78 is 0. The minimum atomic E-state index is -0.117. The van der Waals surface area contributed by atoms with E-state index in [0.717, 1.165) is 51.4 Å². The monoisotopic (exact) mass is 382 g/mol. The molecular weight excluding hydrogens is 348 g/mol.